The van der Waals surface area contributed by atoms with Gasteiger partial charge < -0.3 is 4.90 Å². The van der Waals surface area contributed by atoms with E-state index in [9.17, 15) is 8.42 Å². The monoisotopic (exact) mass is 282 g/mol. The van der Waals surface area contributed by atoms with Gasteiger partial charge in [0.2, 0.25) is 10.0 Å². The minimum absolute atomic E-state index is 0.0726. The normalized spacial score (nSPS) is 21.8. The van der Waals surface area contributed by atoms with Gasteiger partial charge in [-0.25, -0.2) is 8.42 Å². The molecule has 0 amide bonds. The van der Waals surface area contributed by atoms with Gasteiger partial charge in [-0.05, 0) is 45.0 Å². The lowest BCUT2D eigenvalue weighted by Gasteiger charge is -2.35. The molecule has 0 aromatic heterocycles. The predicted octanol–water partition coefficient (Wildman–Crippen LogP) is 1.71. The van der Waals surface area contributed by atoms with Gasteiger partial charge in [0.1, 0.15) is 0 Å². The fourth-order valence-corrected chi connectivity index (χ4v) is 4.23. The lowest BCUT2D eigenvalue weighted by Crippen LogP contribution is -2.47. The van der Waals surface area contributed by atoms with E-state index in [0.29, 0.717) is 4.90 Å². The van der Waals surface area contributed by atoms with Crippen molar-refractivity contribution >= 4 is 10.0 Å². The zero-order chi connectivity index (χ0) is 14.0. The molecule has 0 N–H and O–H groups in total. The summed E-state index contributed by atoms with van der Waals surface area (Å²) in [6, 6.07) is 7.24. The van der Waals surface area contributed by atoms with Crippen LogP contribution in [0.3, 0.4) is 0 Å². The summed E-state index contributed by atoms with van der Waals surface area (Å²) in [5, 5.41) is 0. The first-order chi connectivity index (χ1) is 8.93. The number of aryl methyl sites for hydroxylation is 1. The van der Waals surface area contributed by atoms with Crippen LogP contribution in [0.4, 0.5) is 0 Å². The molecule has 1 fully saturated rings. The average Bonchev–Trinajstić information content (AvgIpc) is 2.38. The maximum Gasteiger partial charge on any atom is 0.243 e. The second-order valence-corrected chi connectivity index (χ2v) is 7.31. The Hall–Kier alpha value is -0.910. The Balaban J connectivity index is 2.27. The molecule has 1 heterocycles. The summed E-state index contributed by atoms with van der Waals surface area (Å²) in [5.41, 5.74) is 0.804. The summed E-state index contributed by atoms with van der Waals surface area (Å²) >= 11 is 0. The van der Waals surface area contributed by atoms with Crippen molar-refractivity contribution in [2.24, 2.45) is 0 Å². The van der Waals surface area contributed by atoms with Crippen LogP contribution in [0.25, 0.3) is 0 Å². The van der Waals surface area contributed by atoms with E-state index < -0.39 is 10.0 Å². The van der Waals surface area contributed by atoms with Gasteiger partial charge >= 0.3 is 0 Å². The number of hydrogen-bond donors (Lipinski definition) is 0. The first-order valence-corrected chi connectivity index (χ1v) is 8.09. The van der Waals surface area contributed by atoms with Crippen LogP contribution >= 0.6 is 0 Å². The Morgan fingerprint density at radius 2 is 2.00 bits per heavy atom. The van der Waals surface area contributed by atoms with Crippen LogP contribution in [0.1, 0.15) is 18.4 Å². The minimum Gasteiger partial charge on any atom is -0.305 e. The van der Waals surface area contributed by atoms with Crippen molar-refractivity contribution in [3.63, 3.8) is 0 Å². The number of rotatable bonds is 3. The molecule has 0 spiro atoms. The number of nitrogens with zero attached hydrogens (tertiary/aromatic N) is 2. The maximum absolute atomic E-state index is 12.7. The van der Waals surface area contributed by atoms with E-state index in [2.05, 4.69) is 4.90 Å². The van der Waals surface area contributed by atoms with E-state index in [0.717, 1.165) is 31.5 Å². The molecule has 0 bridgehead atoms. The van der Waals surface area contributed by atoms with Crippen molar-refractivity contribution in [3.05, 3.63) is 29.8 Å². The van der Waals surface area contributed by atoms with Gasteiger partial charge in [0.25, 0.3) is 0 Å². The van der Waals surface area contributed by atoms with Crippen LogP contribution in [0.15, 0.2) is 29.2 Å². The molecule has 1 aromatic carbocycles. The van der Waals surface area contributed by atoms with Gasteiger partial charge in [-0.15, -0.1) is 0 Å². The molecule has 0 radical (unpaired) electrons. The first kappa shape index (κ1) is 14.5. The summed E-state index contributed by atoms with van der Waals surface area (Å²) in [4.78, 5) is 2.61. The molecule has 1 aromatic rings. The molecule has 1 atom stereocenters. The zero-order valence-electron chi connectivity index (χ0n) is 11.8. The Bertz CT molecular complexity index is 542. The van der Waals surface area contributed by atoms with Gasteiger partial charge in [-0.1, -0.05) is 18.2 Å². The zero-order valence-corrected chi connectivity index (χ0v) is 12.7. The van der Waals surface area contributed by atoms with Crippen LogP contribution in [0.5, 0.6) is 0 Å². The highest BCUT2D eigenvalue weighted by molar-refractivity contribution is 7.89. The number of benzene rings is 1. The van der Waals surface area contributed by atoms with Crippen molar-refractivity contribution in [2.75, 3.05) is 27.2 Å². The first-order valence-electron chi connectivity index (χ1n) is 6.65. The third-order valence-corrected chi connectivity index (χ3v) is 5.93. The molecule has 19 heavy (non-hydrogen) atoms. The summed E-state index contributed by atoms with van der Waals surface area (Å²) in [6.45, 7) is 3.70. The van der Waals surface area contributed by atoms with E-state index >= 15 is 0 Å². The largest absolute Gasteiger partial charge is 0.305 e. The van der Waals surface area contributed by atoms with Crippen molar-refractivity contribution in [1.82, 2.24) is 9.21 Å². The van der Waals surface area contributed by atoms with Crippen LogP contribution < -0.4 is 0 Å². The fourth-order valence-electron chi connectivity index (χ4n) is 2.63. The lowest BCUT2D eigenvalue weighted by molar-refractivity contribution is 0.187. The van der Waals surface area contributed by atoms with Crippen molar-refractivity contribution in [1.29, 1.82) is 0 Å². The number of sulfonamides is 1. The lowest BCUT2D eigenvalue weighted by atomic mass is 10.1. The quantitative estimate of drug-likeness (QED) is 0.847. The Morgan fingerprint density at radius 1 is 1.32 bits per heavy atom. The molecule has 4 nitrogen and oxygen atoms in total. The summed E-state index contributed by atoms with van der Waals surface area (Å²) < 4.78 is 26.9. The van der Waals surface area contributed by atoms with Gasteiger partial charge in [0.15, 0.2) is 0 Å². The minimum atomic E-state index is -3.39. The standard InChI is InChI=1S/C14H22N2O2S/c1-12-7-4-5-9-14(12)19(17,18)16(3)13-8-6-10-15(2)11-13/h4-5,7,9,13H,6,8,10-11H2,1-3H3. The average molecular weight is 282 g/mol. The second-order valence-electron chi connectivity index (χ2n) is 5.35. The van der Waals surface area contributed by atoms with Crippen LogP contribution in [0.2, 0.25) is 0 Å². The molecule has 5 heteroatoms. The SMILES string of the molecule is Cc1ccccc1S(=O)(=O)N(C)C1CCCN(C)C1. The molecular weight excluding hydrogens is 260 g/mol. The Labute approximate surface area is 116 Å². The molecule has 0 saturated carbocycles. The van der Waals surface area contributed by atoms with Crippen LogP contribution in [-0.4, -0.2) is 50.8 Å². The molecular formula is C14H22N2O2S. The summed E-state index contributed by atoms with van der Waals surface area (Å²) in [6.07, 6.45) is 1.99. The van der Waals surface area contributed by atoms with E-state index in [4.69, 9.17) is 0 Å². The molecule has 1 unspecified atom stereocenters. The molecule has 1 aliphatic rings. The highest BCUT2D eigenvalue weighted by Gasteiger charge is 2.31. The third-order valence-electron chi connectivity index (χ3n) is 3.86. The molecule has 1 aliphatic heterocycles. The third kappa shape index (κ3) is 2.99. The van der Waals surface area contributed by atoms with Crippen LogP contribution in [0, 0.1) is 6.92 Å². The Morgan fingerprint density at radius 3 is 2.63 bits per heavy atom. The predicted molar refractivity (Wildman–Crippen MR) is 76.6 cm³/mol. The highest BCUT2D eigenvalue weighted by Crippen LogP contribution is 2.23. The van der Waals surface area contributed by atoms with E-state index in [1.807, 2.05) is 26.1 Å². The number of likely N-dealkylation sites (tertiary alicyclic amines) is 1. The smallest absolute Gasteiger partial charge is 0.243 e. The van der Waals surface area contributed by atoms with Gasteiger partial charge in [-0.3, -0.25) is 0 Å². The second kappa shape index (κ2) is 5.61. The Kier molecular flexibility index (Phi) is 4.28. The van der Waals surface area contributed by atoms with Gasteiger partial charge in [-0.2, -0.15) is 4.31 Å². The molecule has 2 rings (SSSR count). The summed E-state index contributed by atoms with van der Waals surface area (Å²) in [5.74, 6) is 0. The van der Waals surface area contributed by atoms with E-state index in [1.165, 1.54) is 0 Å². The number of likely N-dealkylation sites (N-methyl/N-ethyl adjacent to an activating group) is 2. The van der Waals surface area contributed by atoms with E-state index in [1.54, 1.807) is 23.5 Å². The molecule has 0 aliphatic carbocycles. The maximum atomic E-state index is 12.7. The number of hydrogen-bond acceptors (Lipinski definition) is 3. The topological polar surface area (TPSA) is 40.6 Å². The summed E-state index contributed by atoms with van der Waals surface area (Å²) in [7, 11) is 0.356. The highest BCUT2D eigenvalue weighted by atomic mass is 32.2. The van der Waals surface area contributed by atoms with Crippen molar-refractivity contribution in [3.8, 4) is 0 Å². The van der Waals surface area contributed by atoms with Crippen molar-refractivity contribution < 1.29 is 8.42 Å². The number of piperidine rings is 1. The van der Waals surface area contributed by atoms with Crippen molar-refractivity contribution in [2.45, 2.75) is 30.7 Å². The molecule has 1 saturated heterocycles. The van der Waals surface area contributed by atoms with E-state index in [-0.39, 0.29) is 6.04 Å². The van der Waals surface area contributed by atoms with Gasteiger partial charge in [0.05, 0.1) is 4.90 Å². The van der Waals surface area contributed by atoms with Gasteiger partial charge in [0, 0.05) is 19.6 Å². The van der Waals surface area contributed by atoms with Crippen LogP contribution in [-0.2, 0) is 10.0 Å². The molecule has 106 valence electrons. The fraction of sp³-hybridized carbons (Fsp3) is 0.571.